The second-order valence-electron chi connectivity index (χ2n) is 6.16. The predicted molar refractivity (Wildman–Crippen MR) is 78.7 cm³/mol. The van der Waals surface area contributed by atoms with E-state index in [9.17, 15) is 5.11 Å². The highest BCUT2D eigenvalue weighted by Crippen LogP contribution is 2.44. The molecule has 2 heterocycles. The number of pyridine rings is 1. The van der Waals surface area contributed by atoms with Crippen molar-refractivity contribution in [3.05, 3.63) is 29.0 Å². The van der Waals surface area contributed by atoms with Crippen LogP contribution in [0.5, 0.6) is 0 Å². The molecule has 110 valence electrons. The number of aromatic nitrogens is 1. The summed E-state index contributed by atoms with van der Waals surface area (Å²) in [4.78, 5) is 4.26. The Balaban J connectivity index is 1.75. The molecule has 2 fully saturated rings. The predicted octanol–water partition coefficient (Wildman–Crippen LogP) is 3.90. The van der Waals surface area contributed by atoms with Gasteiger partial charge < -0.3 is 9.84 Å². The Kier molecular flexibility index (Phi) is 4.29. The molecule has 20 heavy (non-hydrogen) atoms. The standard InChI is InChI=1S/C16H22ClNO2/c17-13-5-4-9-18-14(13)15(19)12-6-10-20-16(11-12)7-2-1-3-8-16/h4-5,9,12,15,19H,1-3,6-8,10-11H2. The SMILES string of the molecule is OC(c1ncccc1Cl)C1CCOC2(CCCCC2)C1. The summed E-state index contributed by atoms with van der Waals surface area (Å²) in [6, 6.07) is 3.59. The zero-order valence-electron chi connectivity index (χ0n) is 11.7. The van der Waals surface area contributed by atoms with Crippen LogP contribution in [0.25, 0.3) is 0 Å². The fraction of sp³-hybridized carbons (Fsp3) is 0.688. The van der Waals surface area contributed by atoms with Crippen LogP contribution in [-0.4, -0.2) is 22.3 Å². The third kappa shape index (κ3) is 2.85. The Hall–Kier alpha value is -0.640. The number of halogens is 1. The van der Waals surface area contributed by atoms with E-state index in [0.717, 1.165) is 32.3 Å². The molecule has 2 aliphatic rings. The quantitative estimate of drug-likeness (QED) is 0.900. The maximum Gasteiger partial charge on any atom is 0.100 e. The molecule has 1 aromatic heterocycles. The average Bonchev–Trinajstić information content (AvgIpc) is 2.48. The first-order valence-corrected chi connectivity index (χ1v) is 8.00. The van der Waals surface area contributed by atoms with Crippen molar-refractivity contribution in [1.29, 1.82) is 0 Å². The number of aliphatic hydroxyl groups is 1. The van der Waals surface area contributed by atoms with Crippen LogP contribution < -0.4 is 0 Å². The largest absolute Gasteiger partial charge is 0.386 e. The topological polar surface area (TPSA) is 42.4 Å². The molecular weight excluding hydrogens is 274 g/mol. The molecule has 0 bridgehead atoms. The van der Waals surface area contributed by atoms with Gasteiger partial charge in [-0.15, -0.1) is 0 Å². The van der Waals surface area contributed by atoms with Crippen LogP contribution in [0.4, 0.5) is 0 Å². The molecule has 1 saturated carbocycles. The zero-order chi connectivity index (χ0) is 14.0. The molecule has 2 unspecified atom stereocenters. The highest BCUT2D eigenvalue weighted by molar-refractivity contribution is 6.31. The Morgan fingerprint density at radius 3 is 2.90 bits per heavy atom. The Morgan fingerprint density at radius 1 is 1.35 bits per heavy atom. The van der Waals surface area contributed by atoms with Gasteiger partial charge in [0.1, 0.15) is 6.10 Å². The maximum atomic E-state index is 10.6. The third-order valence-electron chi connectivity index (χ3n) is 4.81. The van der Waals surface area contributed by atoms with E-state index in [-0.39, 0.29) is 11.5 Å². The fourth-order valence-corrected chi connectivity index (χ4v) is 3.95. The molecule has 3 rings (SSSR count). The summed E-state index contributed by atoms with van der Waals surface area (Å²) in [6.07, 6.45) is 8.99. The molecule has 2 atom stereocenters. The summed E-state index contributed by atoms with van der Waals surface area (Å²) in [7, 11) is 0. The highest BCUT2D eigenvalue weighted by Gasteiger charge is 2.41. The number of nitrogens with zero attached hydrogens (tertiary/aromatic N) is 1. The van der Waals surface area contributed by atoms with E-state index in [1.165, 1.54) is 19.3 Å². The average molecular weight is 296 g/mol. The second kappa shape index (κ2) is 6.00. The first-order chi connectivity index (χ1) is 9.70. The van der Waals surface area contributed by atoms with E-state index in [1.807, 2.05) is 0 Å². The van der Waals surface area contributed by atoms with Crippen molar-refractivity contribution >= 4 is 11.6 Å². The summed E-state index contributed by atoms with van der Waals surface area (Å²) in [6.45, 7) is 0.742. The lowest BCUT2D eigenvalue weighted by Crippen LogP contribution is -2.43. The first kappa shape index (κ1) is 14.3. The Morgan fingerprint density at radius 2 is 2.15 bits per heavy atom. The van der Waals surface area contributed by atoms with Gasteiger partial charge in [0.15, 0.2) is 0 Å². The van der Waals surface area contributed by atoms with E-state index >= 15 is 0 Å². The van der Waals surface area contributed by atoms with Gasteiger partial charge in [-0.25, -0.2) is 0 Å². The number of ether oxygens (including phenoxy) is 1. The van der Waals surface area contributed by atoms with Crippen molar-refractivity contribution < 1.29 is 9.84 Å². The summed E-state index contributed by atoms with van der Waals surface area (Å²) in [5.74, 6) is 0.203. The summed E-state index contributed by atoms with van der Waals surface area (Å²) < 4.78 is 6.09. The van der Waals surface area contributed by atoms with Crippen molar-refractivity contribution in [3.63, 3.8) is 0 Å². The van der Waals surface area contributed by atoms with Crippen LogP contribution >= 0.6 is 11.6 Å². The molecule has 3 nitrogen and oxygen atoms in total. The first-order valence-electron chi connectivity index (χ1n) is 7.63. The second-order valence-corrected chi connectivity index (χ2v) is 6.57. The number of hydrogen-bond acceptors (Lipinski definition) is 3. The molecule has 0 radical (unpaired) electrons. The van der Waals surface area contributed by atoms with Gasteiger partial charge in [-0.1, -0.05) is 30.9 Å². The minimum Gasteiger partial charge on any atom is -0.386 e. The van der Waals surface area contributed by atoms with Gasteiger partial charge in [0.05, 0.1) is 16.3 Å². The molecule has 1 aliphatic heterocycles. The van der Waals surface area contributed by atoms with Gasteiger partial charge >= 0.3 is 0 Å². The van der Waals surface area contributed by atoms with Gasteiger partial charge in [-0.05, 0) is 43.7 Å². The number of rotatable bonds is 2. The van der Waals surface area contributed by atoms with Crippen LogP contribution in [0.3, 0.4) is 0 Å². The van der Waals surface area contributed by atoms with Gasteiger partial charge in [0.25, 0.3) is 0 Å². The minimum atomic E-state index is -0.577. The molecule has 0 aromatic carbocycles. The molecule has 1 aliphatic carbocycles. The van der Waals surface area contributed by atoms with Crippen LogP contribution in [-0.2, 0) is 4.74 Å². The van der Waals surface area contributed by atoms with E-state index < -0.39 is 6.10 Å². The van der Waals surface area contributed by atoms with Crippen LogP contribution in [0.2, 0.25) is 5.02 Å². The number of hydrogen-bond donors (Lipinski definition) is 1. The summed E-state index contributed by atoms with van der Waals surface area (Å²) >= 11 is 6.16. The van der Waals surface area contributed by atoms with Crippen LogP contribution in [0.1, 0.15) is 56.7 Å². The molecule has 0 amide bonds. The Bertz CT molecular complexity index is 454. The van der Waals surface area contributed by atoms with Gasteiger partial charge in [0.2, 0.25) is 0 Å². The molecule has 1 saturated heterocycles. The van der Waals surface area contributed by atoms with E-state index in [1.54, 1.807) is 18.3 Å². The molecule has 1 N–H and O–H groups in total. The van der Waals surface area contributed by atoms with Gasteiger partial charge in [-0.3, -0.25) is 4.98 Å². The van der Waals surface area contributed by atoms with Gasteiger partial charge in [-0.2, -0.15) is 0 Å². The van der Waals surface area contributed by atoms with Crippen LogP contribution in [0.15, 0.2) is 18.3 Å². The third-order valence-corrected chi connectivity index (χ3v) is 5.13. The van der Waals surface area contributed by atoms with E-state index in [4.69, 9.17) is 16.3 Å². The molecular formula is C16H22ClNO2. The molecule has 4 heteroatoms. The minimum absolute atomic E-state index is 0.00338. The summed E-state index contributed by atoms with van der Waals surface area (Å²) in [5, 5.41) is 11.2. The lowest BCUT2D eigenvalue weighted by atomic mass is 9.74. The van der Waals surface area contributed by atoms with Crippen molar-refractivity contribution in [1.82, 2.24) is 4.98 Å². The van der Waals surface area contributed by atoms with Crippen molar-refractivity contribution in [2.75, 3.05) is 6.61 Å². The highest BCUT2D eigenvalue weighted by atomic mass is 35.5. The van der Waals surface area contributed by atoms with Crippen LogP contribution in [0, 0.1) is 5.92 Å². The lowest BCUT2D eigenvalue weighted by molar-refractivity contribution is -0.134. The monoisotopic (exact) mass is 295 g/mol. The molecule has 1 spiro atoms. The maximum absolute atomic E-state index is 10.6. The molecule has 1 aromatic rings. The van der Waals surface area contributed by atoms with E-state index in [0.29, 0.717) is 10.7 Å². The van der Waals surface area contributed by atoms with Crippen molar-refractivity contribution in [3.8, 4) is 0 Å². The van der Waals surface area contributed by atoms with Gasteiger partial charge in [0, 0.05) is 12.8 Å². The fourth-order valence-electron chi connectivity index (χ4n) is 3.72. The summed E-state index contributed by atoms with van der Waals surface area (Å²) in [5.41, 5.74) is 0.621. The lowest BCUT2D eigenvalue weighted by Gasteiger charge is -2.44. The smallest absolute Gasteiger partial charge is 0.100 e. The Labute approximate surface area is 125 Å². The normalized spacial score (nSPS) is 27.4. The zero-order valence-corrected chi connectivity index (χ0v) is 12.5. The van der Waals surface area contributed by atoms with Crippen molar-refractivity contribution in [2.24, 2.45) is 5.92 Å². The number of aliphatic hydroxyl groups excluding tert-OH is 1. The van der Waals surface area contributed by atoms with Crippen molar-refractivity contribution in [2.45, 2.75) is 56.7 Å². The van der Waals surface area contributed by atoms with E-state index in [2.05, 4.69) is 4.98 Å².